The Labute approximate surface area is 147 Å². The first-order valence-electron chi connectivity index (χ1n) is 8.91. The van der Waals surface area contributed by atoms with Crippen LogP contribution in [0.2, 0.25) is 0 Å². The van der Waals surface area contributed by atoms with Crippen LogP contribution in [0.25, 0.3) is 0 Å². The van der Waals surface area contributed by atoms with E-state index in [1.54, 1.807) is 25.3 Å². The number of pyridine rings is 1. The zero-order chi connectivity index (χ0) is 17.8. The molecule has 7 nitrogen and oxygen atoms in total. The summed E-state index contributed by atoms with van der Waals surface area (Å²) in [5.41, 5.74) is 0.438. The number of esters is 1. The highest BCUT2D eigenvalue weighted by Gasteiger charge is 2.37. The first kappa shape index (κ1) is 17.7. The van der Waals surface area contributed by atoms with E-state index in [1.807, 2.05) is 0 Å². The van der Waals surface area contributed by atoms with Crippen LogP contribution in [0.3, 0.4) is 0 Å². The average Bonchev–Trinajstić information content (AvgIpc) is 3.34. The van der Waals surface area contributed by atoms with Gasteiger partial charge in [0, 0.05) is 24.8 Å². The molecule has 0 bridgehead atoms. The van der Waals surface area contributed by atoms with Gasteiger partial charge in [-0.3, -0.25) is 9.69 Å². The Hall–Kier alpha value is -2.15. The first-order chi connectivity index (χ1) is 12.1. The van der Waals surface area contributed by atoms with Gasteiger partial charge in [0.1, 0.15) is 11.4 Å². The summed E-state index contributed by atoms with van der Waals surface area (Å²) in [6, 6.07) is 3.89. The number of nitrogens with one attached hydrogen (secondary N) is 1. The third-order valence-corrected chi connectivity index (χ3v) is 4.80. The number of anilines is 1. The number of ether oxygens (including phenoxy) is 1. The number of hydrogen-bond donors (Lipinski definition) is 2. The van der Waals surface area contributed by atoms with Gasteiger partial charge >= 0.3 is 11.9 Å². The molecule has 0 unspecified atom stereocenters. The Kier molecular flexibility index (Phi) is 5.53. The van der Waals surface area contributed by atoms with Crippen molar-refractivity contribution in [3.8, 4) is 0 Å². The molecule has 0 spiro atoms. The van der Waals surface area contributed by atoms with Crippen molar-refractivity contribution in [2.24, 2.45) is 5.92 Å². The predicted molar refractivity (Wildman–Crippen MR) is 92.6 cm³/mol. The molecule has 1 heterocycles. The smallest absolute Gasteiger partial charge is 0.341 e. The second kappa shape index (κ2) is 7.82. The van der Waals surface area contributed by atoms with Gasteiger partial charge < -0.3 is 15.2 Å². The number of nitrogens with zero attached hydrogens (tertiary/aromatic N) is 2. The van der Waals surface area contributed by atoms with Gasteiger partial charge in [-0.25, -0.2) is 9.78 Å². The topological polar surface area (TPSA) is 91.8 Å². The van der Waals surface area contributed by atoms with Crippen molar-refractivity contribution in [3.63, 3.8) is 0 Å². The molecule has 2 fully saturated rings. The van der Waals surface area contributed by atoms with Crippen LogP contribution >= 0.6 is 0 Å². The van der Waals surface area contributed by atoms with Crippen LogP contribution in [0, 0.1) is 5.92 Å². The van der Waals surface area contributed by atoms with E-state index in [1.165, 1.54) is 12.8 Å². The Morgan fingerprint density at radius 2 is 2.16 bits per heavy atom. The molecular formula is C18H25N3O4. The second-order valence-corrected chi connectivity index (χ2v) is 6.85. The van der Waals surface area contributed by atoms with Crippen molar-refractivity contribution >= 4 is 17.8 Å². The quantitative estimate of drug-likeness (QED) is 0.660. The monoisotopic (exact) mass is 347 g/mol. The summed E-state index contributed by atoms with van der Waals surface area (Å²) in [6.45, 7) is 3.08. The molecule has 25 heavy (non-hydrogen) atoms. The van der Waals surface area contributed by atoms with Gasteiger partial charge in [0.2, 0.25) is 0 Å². The van der Waals surface area contributed by atoms with Crippen LogP contribution in [0.5, 0.6) is 0 Å². The number of carboxylic acids is 1. The van der Waals surface area contributed by atoms with Crippen molar-refractivity contribution in [1.82, 2.24) is 9.88 Å². The van der Waals surface area contributed by atoms with Crippen molar-refractivity contribution < 1.29 is 19.4 Å². The summed E-state index contributed by atoms with van der Waals surface area (Å²) in [7, 11) is 0. The Balaban J connectivity index is 1.56. The van der Waals surface area contributed by atoms with Gasteiger partial charge in [-0.05, 0) is 50.7 Å². The van der Waals surface area contributed by atoms with E-state index in [-0.39, 0.29) is 24.6 Å². The van der Waals surface area contributed by atoms with Crippen LogP contribution in [0.15, 0.2) is 18.3 Å². The molecule has 0 atom stereocenters. The minimum Gasteiger partial charge on any atom is -0.480 e. The lowest BCUT2D eigenvalue weighted by atomic mass is 9.85. The maximum Gasteiger partial charge on any atom is 0.341 e. The highest BCUT2D eigenvalue weighted by atomic mass is 16.5. The van der Waals surface area contributed by atoms with E-state index in [9.17, 15) is 9.59 Å². The number of rotatable bonds is 9. The largest absolute Gasteiger partial charge is 0.480 e. The fraction of sp³-hybridized carbons (Fsp3) is 0.611. The first-order valence-corrected chi connectivity index (χ1v) is 8.91. The molecule has 2 aliphatic carbocycles. The summed E-state index contributed by atoms with van der Waals surface area (Å²) in [5, 5.41) is 12.4. The maximum absolute atomic E-state index is 12.0. The predicted octanol–water partition coefficient (Wildman–Crippen LogP) is 2.00. The summed E-state index contributed by atoms with van der Waals surface area (Å²) in [4.78, 5) is 29.4. The van der Waals surface area contributed by atoms with Crippen molar-refractivity contribution in [1.29, 1.82) is 0 Å². The van der Waals surface area contributed by atoms with Crippen molar-refractivity contribution in [2.75, 3.05) is 25.0 Å². The van der Waals surface area contributed by atoms with Crippen LogP contribution in [-0.4, -0.2) is 58.7 Å². The average molecular weight is 347 g/mol. The number of aliphatic carboxylic acids is 1. The Morgan fingerprint density at radius 1 is 1.40 bits per heavy atom. The second-order valence-electron chi connectivity index (χ2n) is 6.85. The van der Waals surface area contributed by atoms with Crippen molar-refractivity contribution in [3.05, 3.63) is 23.9 Å². The lowest BCUT2D eigenvalue weighted by Gasteiger charge is -2.43. The molecule has 1 aromatic heterocycles. The van der Waals surface area contributed by atoms with E-state index in [0.717, 1.165) is 19.4 Å². The number of aromatic nitrogens is 1. The Bertz CT molecular complexity index is 627. The van der Waals surface area contributed by atoms with Gasteiger partial charge in [0.05, 0.1) is 13.2 Å². The Morgan fingerprint density at radius 3 is 2.80 bits per heavy atom. The number of carbonyl (C=O) groups excluding carboxylic acids is 1. The van der Waals surface area contributed by atoms with Gasteiger partial charge in [0.15, 0.2) is 0 Å². The van der Waals surface area contributed by atoms with E-state index in [4.69, 9.17) is 9.84 Å². The van der Waals surface area contributed by atoms with Gasteiger partial charge in [-0.1, -0.05) is 0 Å². The van der Waals surface area contributed by atoms with Gasteiger partial charge in [-0.2, -0.15) is 0 Å². The molecule has 0 saturated heterocycles. The molecule has 2 N–H and O–H groups in total. The number of carboxylic acid groups (broad SMARTS) is 1. The minimum atomic E-state index is -0.772. The fourth-order valence-electron chi connectivity index (χ4n) is 3.24. The molecule has 1 aromatic rings. The SMILES string of the molecule is CCOC(=O)c1cccnc1NC1CC(N(CC(=O)O)CC2CC2)C1. The molecule has 0 aromatic carbocycles. The highest BCUT2D eigenvalue weighted by Crippen LogP contribution is 2.34. The van der Waals surface area contributed by atoms with Crippen LogP contribution in [0.1, 0.15) is 43.0 Å². The van der Waals surface area contributed by atoms with Crippen molar-refractivity contribution in [2.45, 2.75) is 44.7 Å². The van der Waals surface area contributed by atoms with Crippen LogP contribution in [0.4, 0.5) is 5.82 Å². The summed E-state index contributed by atoms with van der Waals surface area (Å²) in [5.74, 6) is 0.0514. The molecule has 2 aliphatic rings. The van der Waals surface area contributed by atoms with Crippen LogP contribution in [-0.2, 0) is 9.53 Å². The zero-order valence-electron chi connectivity index (χ0n) is 14.5. The van der Waals surface area contributed by atoms with Crippen LogP contribution < -0.4 is 5.32 Å². The zero-order valence-corrected chi connectivity index (χ0v) is 14.5. The molecule has 0 amide bonds. The third-order valence-electron chi connectivity index (χ3n) is 4.80. The normalized spacial score (nSPS) is 22.3. The van der Waals surface area contributed by atoms with Gasteiger partial charge in [-0.15, -0.1) is 0 Å². The molecule has 7 heteroatoms. The van der Waals surface area contributed by atoms with E-state index in [0.29, 0.717) is 23.9 Å². The van der Waals surface area contributed by atoms with E-state index in [2.05, 4.69) is 15.2 Å². The lowest BCUT2D eigenvalue weighted by molar-refractivity contribution is -0.139. The van der Waals surface area contributed by atoms with E-state index < -0.39 is 5.97 Å². The van der Waals surface area contributed by atoms with E-state index >= 15 is 0 Å². The highest BCUT2D eigenvalue weighted by molar-refractivity contribution is 5.94. The standard InChI is InChI=1S/C18H25N3O4/c1-2-25-18(24)15-4-3-7-19-17(15)20-13-8-14(9-13)21(11-16(22)23)10-12-5-6-12/h3-4,7,12-14H,2,5-6,8-11H2,1H3,(H,19,20)(H,22,23). The summed E-state index contributed by atoms with van der Waals surface area (Å²) in [6.07, 6.45) is 5.78. The minimum absolute atomic E-state index is 0.103. The number of carbonyl (C=O) groups is 2. The number of hydrogen-bond acceptors (Lipinski definition) is 6. The molecule has 136 valence electrons. The molecule has 0 radical (unpaired) electrons. The van der Waals surface area contributed by atoms with Gasteiger partial charge in [0.25, 0.3) is 0 Å². The summed E-state index contributed by atoms with van der Waals surface area (Å²) >= 11 is 0. The fourth-order valence-corrected chi connectivity index (χ4v) is 3.24. The molecule has 2 saturated carbocycles. The molecular weight excluding hydrogens is 322 g/mol. The summed E-state index contributed by atoms with van der Waals surface area (Å²) < 4.78 is 5.06. The third kappa shape index (κ3) is 4.69. The molecule has 0 aliphatic heterocycles. The molecule has 3 rings (SSSR count). The lowest BCUT2D eigenvalue weighted by Crippen LogP contribution is -2.52. The maximum atomic E-state index is 12.0.